The second kappa shape index (κ2) is 13.5. The number of carbonyl (C=O) groups is 1. The topological polar surface area (TPSA) is 84.9 Å². The van der Waals surface area contributed by atoms with Crippen LogP contribution in [0.5, 0.6) is 5.75 Å². The summed E-state index contributed by atoms with van der Waals surface area (Å²) in [5.41, 5.74) is 4.35. The van der Waals surface area contributed by atoms with E-state index in [0.29, 0.717) is 42.6 Å². The molecule has 0 aromatic heterocycles. The molecular weight excluding hydrogens is 644 g/mol. The predicted molar refractivity (Wildman–Crippen MR) is 190 cm³/mol. The summed E-state index contributed by atoms with van der Waals surface area (Å²) in [6, 6.07) is 21.2. The molecule has 9 heteroatoms. The summed E-state index contributed by atoms with van der Waals surface area (Å²) in [4.78, 5) is 16.2. The molecule has 3 aromatic carbocycles. The quantitative estimate of drug-likeness (QED) is 0.295. The van der Waals surface area contributed by atoms with Crippen LogP contribution in [0.4, 0.5) is 5.69 Å². The van der Waals surface area contributed by atoms with Crippen molar-refractivity contribution in [2.75, 3.05) is 31.7 Å². The van der Waals surface area contributed by atoms with Gasteiger partial charge in [-0.05, 0) is 110 Å². The van der Waals surface area contributed by atoms with Crippen LogP contribution in [0.1, 0.15) is 66.1 Å². The smallest absolute Gasteiger partial charge is 0.264 e. The molecule has 4 aliphatic rings. The molecule has 2 heterocycles. The summed E-state index contributed by atoms with van der Waals surface area (Å²) in [7, 11) is -2.28. The number of nitrogens with one attached hydrogen (secondary N) is 1. The third-order valence-corrected chi connectivity index (χ3v) is 13.4. The van der Waals surface area contributed by atoms with Gasteiger partial charge in [-0.25, -0.2) is 13.1 Å². The van der Waals surface area contributed by atoms with Crippen molar-refractivity contribution >= 4 is 33.2 Å². The van der Waals surface area contributed by atoms with Gasteiger partial charge in [0.15, 0.2) is 0 Å². The maximum absolute atomic E-state index is 14.0. The van der Waals surface area contributed by atoms with Gasteiger partial charge in [0, 0.05) is 36.2 Å². The number of rotatable bonds is 3. The highest BCUT2D eigenvalue weighted by atomic mass is 35.5. The van der Waals surface area contributed by atoms with Crippen molar-refractivity contribution in [1.29, 1.82) is 0 Å². The van der Waals surface area contributed by atoms with Crippen LogP contribution in [0.15, 0.2) is 78.9 Å². The van der Waals surface area contributed by atoms with Gasteiger partial charge in [0.1, 0.15) is 5.75 Å². The first-order valence-electron chi connectivity index (χ1n) is 17.3. The van der Waals surface area contributed by atoms with E-state index in [-0.39, 0.29) is 17.4 Å². The normalized spacial score (nSPS) is 30.5. The molecule has 1 spiro atoms. The molecule has 254 valence electrons. The Labute approximate surface area is 289 Å². The van der Waals surface area contributed by atoms with Crippen LogP contribution >= 0.6 is 11.6 Å². The van der Waals surface area contributed by atoms with Crippen LogP contribution in [-0.4, -0.2) is 52.5 Å². The second-order valence-electron chi connectivity index (χ2n) is 14.3. The summed E-state index contributed by atoms with van der Waals surface area (Å²) in [6.07, 6.45) is 10.2. The molecule has 6 atom stereocenters. The molecule has 7 nitrogen and oxygen atoms in total. The number of hydrogen-bond acceptors (Lipinski definition) is 6. The van der Waals surface area contributed by atoms with Gasteiger partial charge in [-0.3, -0.25) is 4.79 Å². The van der Waals surface area contributed by atoms with Gasteiger partial charge in [0.05, 0.1) is 23.6 Å². The number of hydrogen-bond donors (Lipinski definition) is 1. The molecule has 0 unspecified atom stereocenters. The van der Waals surface area contributed by atoms with E-state index in [1.165, 1.54) is 11.1 Å². The van der Waals surface area contributed by atoms with E-state index in [9.17, 15) is 13.2 Å². The molecule has 0 saturated heterocycles. The summed E-state index contributed by atoms with van der Waals surface area (Å²) in [6.45, 7) is 3.98. The van der Waals surface area contributed by atoms with Gasteiger partial charge < -0.3 is 14.4 Å². The van der Waals surface area contributed by atoms with Gasteiger partial charge in [-0.15, -0.1) is 0 Å². The first-order valence-corrected chi connectivity index (χ1v) is 19.2. The Bertz CT molecular complexity index is 1800. The zero-order chi connectivity index (χ0) is 33.5. The zero-order valence-corrected chi connectivity index (χ0v) is 29.3. The van der Waals surface area contributed by atoms with Crippen molar-refractivity contribution in [1.82, 2.24) is 4.72 Å². The molecule has 7 rings (SSSR count). The Hall–Kier alpha value is -3.33. The molecule has 1 saturated carbocycles. The minimum atomic E-state index is -4.04. The Balaban J connectivity index is 1.29. The van der Waals surface area contributed by atoms with Crippen LogP contribution < -0.4 is 14.4 Å². The van der Waals surface area contributed by atoms with E-state index in [2.05, 4.69) is 33.9 Å². The van der Waals surface area contributed by atoms with Gasteiger partial charge in [-0.1, -0.05) is 67.1 Å². The Kier molecular flexibility index (Phi) is 9.35. The fourth-order valence-electron chi connectivity index (χ4n) is 8.49. The fraction of sp³-hybridized carbons (Fsp3) is 0.462. The number of aryl methyl sites for hydroxylation is 1. The lowest BCUT2D eigenvalue weighted by molar-refractivity contribution is 0.0131. The number of halogens is 1. The predicted octanol–water partition coefficient (Wildman–Crippen LogP) is 7.12. The molecular formula is C39H45ClN2O5S. The van der Waals surface area contributed by atoms with Crippen molar-refractivity contribution in [3.05, 3.63) is 106 Å². The molecule has 48 heavy (non-hydrogen) atoms. The van der Waals surface area contributed by atoms with Crippen molar-refractivity contribution in [3.63, 3.8) is 0 Å². The summed E-state index contributed by atoms with van der Waals surface area (Å²) in [5, 5.41) is -0.0603. The molecule has 0 radical (unpaired) electrons. The average Bonchev–Trinajstić information content (AvgIpc) is 3.21. The van der Waals surface area contributed by atoms with E-state index in [0.717, 1.165) is 61.5 Å². The number of carbonyl (C=O) groups excluding carboxylic acids is 1. The average molecular weight is 689 g/mol. The first-order chi connectivity index (χ1) is 23.2. The van der Waals surface area contributed by atoms with Crippen molar-refractivity contribution in [2.24, 2.45) is 17.8 Å². The lowest BCUT2D eigenvalue weighted by Gasteiger charge is -2.46. The highest BCUT2D eigenvalue weighted by Crippen LogP contribution is 2.47. The van der Waals surface area contributed by atoms with Crippen molar-refractivity contribution in [3.8, 4) is 5.75 Å². The zero-order valence-electron chi connectivity index (χ0n) is 27.7. The number of fused-ring (bicyclic) bond motifs is 4. The molecule has 3 aromatic rings. The van der Waals surface area contributed by atoms with Crippen LogP contribution in [0.3, 0.4) is 0 Å². The van der Waals surface area contributed by atoms with Crippen LogP contribution in [0.2, 0.25) is 5.02 Å². The third-order valence-electron chi connectivity index (χ3n) is 11.3. The highest BCUT2D eigenvalue weighted by Gasteiger charge is 2.44. The first kappa shape index (κ1) is 33.2. The fourth-order valence-corrected chi connectivity index (χ4v) is 10.4. The number of benzene rings is 3. The van der Waals surface area contributed by atoms with E-state index >= 15 is 0 Å². The third kappa shape index (κ3) is 6.51. The van der Waals surface area contributed by atoms with Gasteiger partial charge in [0.25, 0.3) is 5.91 Å². The van der Waals surface area contributed by atoms with Crippen LogP contribution in [0, 0.1) is 17.8 Å². The standard InChI is InChI=1S/C39H45ClN2O5S/c1-26-8-6-12-35(46-2)32-16-13-30(32)23-42-24-39(19-7-11-28-21-31(40)15-17-33(28)39)25-47-36-18-14-29(22-34(36)42)38(43)41-48(44,45)37(26)20-27-9-4-3-5-10-27/h3-6,9-10,12,14-15,17-18,21-22,26,30,32,35,37H,7-8,11,13,16,19-20,23-25H2,1-2H3,(H,41,43)/b12-6+/t26-,30-,32+,35-,37+,39-/m0/s1. The number of allylic oxidation sites excluding steroid dienone is 1. The summed E-state index contributed by atoms with van der Waals surface area (Å²) in [5.74, 6) is 0.580. The molecule has 2 aliphatic carbocycles. The van der Waals surface area contributed by atoms with Crippen LogP contribution in [-0.2, 0) is 33.0 Å². The van der Waals surface area contributed by atoms with Crippen molar-refractivity contribution < 1.29 is 22.7 Å². The molecule has 2 bridgehead atoms. The molecule has 1 amide bonds. The van der Waals surface area contributed by atoms with Crippen LogP contribution in [0.25, 0.3) is 0 Å². The van der Waals surface area contributed by atoms with E-state index < -0.39 is 21.2 Å². The van der Waals surface area contributed by atoms with E-state index in [1.54, 1.807) is 13.2 Å². The number of amides is 1. The maximum Gasteiger partial charge on any atom is 0.264 e. The number of anilines is 1. The van der Waals surface area contributed by atoms with Gasteiger partial charge in [-0.2, -0.15) is 0 Å². The Morgan fingerprint density at radius 2 is 1.92 bits per heavy atom. The summed E-state index contributed by atoms with van der Waals surface area (Å²) >= 11 is 6.44. The second-order valence-corrected chi connectivity index (χ2v) is 16.7. The Morgan fingerprint density at radius 3 is 2.69 bits per heavy atom. The lowest BCUT2D eigenvalue weighted by Crippen LogP contribution is -2.49. The molecule has 2 aliphatic heterocycles. The Morgan fingerprint density at radius 1 is 1.08 bits per heavy atom. The van der Waals surface area contributed by atoms with E-state index in [4.69, 9.17) is 21.1 Å². The molecule has 1 N–H and O–H groups in total. The highest BCUT2D eigenvalue weighted by molar-refractivity contribution is 7.90. The number of methoxy groups -OCH3 is 1. The lowest BCUT2D eigenvalue weighted by atomic mass is 9.68. The minimum Gasteiger partial charge on any atom is -0.490 e. The summed E-state index contributed by atoms with van der Waals surface area (Å²) < 4.78 is 43.2. The number of ether oxygens (including phenoxy) is 2. The monoisotopic (exact) mass is 688 g/mol. The molecule has 1 fully saturated rings. The van der Waals surface area contributed by atoms with E-state index in [1.807, 2.05) is 55.5 Å². The SMILES string of the molecule is CO[C@H]1/C=C/C[C@H](C)[C@@H](Cc2ccccc2)S(=O)(=O)NC(=O)c2ccc3c(c2)N(C[C@@H]2CC[C@H]21)C[C@@]1(CCCc2cc(Cl)ccc21)CO3. The van der Waals surface area contributed by atoms with Gasteiger partial charge >= 0.3 is 0 Å². The van der Waals surface area contributed by atoms with Gasteiger partial charge in [0.2, 0.25) is 10.0 Å². The largest absolute Gasteiger partial charge is 0.490 e. The number of nitrogens with zero attached hydrogens (tertiary/aromatic N) is 1. The minimum absolute atomic E-state index is 0.0618. The maximum atomic E-state index is 14.0. The van der Waals surface area contributed by atoms with Crippen molar-refractivity contribution in [2.45, 2.75) is 68.6 Å². The number of sulfonamides is 1.